The maximum absolute atomic E-state index is 12.8. The largest absolute Gasteiger partial charge is 0.463 e. The molecule has 0 saturated heterocycles. The van der Waals surface area contributed by atoms with E-state index in [1.54, 1.807) is 49.4 Å². The lowest BCUT2D eigenvalue weighted by Crippen LogP contribution is -2.47. The number of benzene rings is 2. The Morgan fingerprint density at radius 1 is 0.944 bits per heavy atom. The first-order chi connectivity index (χ1) is 17.5. The van der Waals surface area contributed by atoms with Gasteiger partial charge in [-0.15, -0.1) is 0 Å². The van der Waals surface area contributed by atoms with Gasteiger partial charge in [0.25, 0.3) is 5.91 Å². The number of hydrogen-bond acceptors (Lipinski definition) is 7. The summed E-state index contributed by atoms with van der Waals surface area (Å²) in [7, 11) is 0. The maximum Gasteiger partial charge on any atom is 0.338 e. The molecule has 0 fully saturated rings. The van der Waals surface area contributed by atoms with Crippen molar-refractivity contribution < 1.29 is 33.1 Å². The van der Waals surface area contributed by atoms with Crippen molar-refractivity contribution in [1.82, 2.24) is 10.6 Å². The number of rotatable bonds is 8. The molecule has 1 aliphatic heterocycles. The highest BCUT2D eigenvalue weighted by molar-refractivity contribution is 6.02. The van der Waals surface area contributed by atoms with E-state index in [2.05, 4.69) is 16.0 Å². The molecule has 0 spiro atoms. The molecule has 1 aromatic heterocycles. The lowest BCUT2D eigenvalue weighted by atomic mass is 9.95. The Labute approximate surface area is 206 Å². The van der Waals surface area contributed by atoms with Crippen LogP contribution in [-0.2, 0) is 14.3 Å². The van der Waals surface area contributed by atoms with Crippen LogP contribution < -0.4 is 16.0 Å². The number of ether oxygens (including phenoxy) is 2. The van der Waals surface area contributed by atoms with Crippen molar-refractivity contribution in [3.8, 4) is 0 Å². The van der Waals surface area contributed by atoms with Crippen molar-refractivity contribution >= 4 is 29.6 Å². The van der Waals surface area contributed by atoms with Crippen molar-refractivity contribution in [3.63, 3.8) is 0 Å². The van der Waals surface area contributed by atoms with E-state index in [4.69, 9.17) is 13.9 Å². The summed E-state index contributed by atoms with van der Waals surface area (Å²) in [6, 6.07) is 16.8. The van der Waals surface area contributed by atoms with Gasteiger partial charge < -0.3 is 29.8 Å². The molecule has 0 aliphatic carbocycles. The summed E-state index contributed by atoms with van der Waals surface area (Å²) in [4.78, 5) is 49.8. The number of hydrogen-bond donors (Lipinski definition) is 3. The van der Waals surface area contributed by atoms with Crippen molar-refractivity contribution in [1.29, 1.82) is 0 Å². The summed E-state index contributed by atoms with van der Waals surface area (Å²) in [6.07, 6.45) is 1.39. The van der Waals surface area contributed by atoms with Gasteiger partial charge in [0.1, 0.15) is 6.61 Å². The van der Waals surface area contributed by atoms with E-state index in [0.29, 0.717) is 11.3 Å². The number of carbonyl (C=O) groups is 4. The normalized spacial score (nSPS) is 14.9. The third kappa shape index (κ3) is 5.61. The quantitative estimate of drug-likeness (QED) is 0.412. The summed E-state index contributed by atoms with van der Waals surface area (Å²) in [5.41, 5.74) is 1.61. The summed E-state index contributed by atoms with van der Waals surface area (Å²) in [5, 5.41) is 7.92. The molecule has 1 unspecified atom stereocenters. The Morgan fingerprint density at radius 2 is 1.69 bits per heavy atom. The number of carbonyl (C=O) groups excluding carboxylic acids is 4. The predicted octanol–water partition coefficient (Wildman–Crippen LogP) is 3.56. The molecular formula is C26H23N3O7. The van der Waals surface area contributed by atoms with Crippen LogP contribution in [0, 0.1) is 0 Å². The van der Waals surface area contributed by atoms with E-state index in [1.807, 2.05) is 6.07 Å². The minimum absolute atomic E-state index is 0.127. The van der Waals surface area contributed by atoms with Gasteiger partial charge in [0.2, 0.25) is 0 Å². The Bertz CT molecular complexity index is 1280. The molecule has 1 atom stereocenters. The zero-order valence-electron chi connectivity index (χ0n) is 19.3. The number of esters is 2. The summed E-state index contributed by atoms with van der Waals surface area (Å²) in [5.74, 6) is -1.59. The predicted molar refractivity (Wildman–Crippen MR) is 128 cm³/mol. The van der Waals surface area contributed by atoms with E-state index < -0.39 is 29.9 Å². The SMILES string of the molecule is CCOC(=O)C1=C(COC(=O)c2ccc(NC(=O)c3ccco3)cc2)NC(=O)NC1c1ccccc1. The van der Waals surface area contributed by atoms with E-state index in [-0.39, 0.29) is 35.8 Å². The smallest absolute Gasteiger partial charge is 0.338 e. The second-order valence-corrected chi connectivity index (χ2v) is 7.64. The monoisotopic (exact) mass is 489 g/mol. The topological polar surface area (TPSA) is 136 Å². The molecule has 3 amide bonds. The van der Waals surface area contributed by atoms with E-state index >= 15 is 0 Å². The summed E-state index contributed by atoms with van der Waals surface area (Å²) < 4.78 is 15.6. The minimum atomic E-state index is -0.773. The zero-order valence-corrected chi connectivity index (χ0v) is 19.3. The Morgan fingerprint density at radius 3 is 2.36 bits per heavy atom. The molecule has 0 radical (unpaired) electrons. The summed E-state index contributed by atoms with van der Waals surface area (Å²) >= 11 is 0. The second kappa shape index (κ2) is 11.0. The fourth-order valence-electron chi connectivity index (χ4n) is 3.59. The number of amides is 3. The molecule has 2 heterocycles. The maximum atomic E-state index is 12.8. The van der Waals surface area contributed by atoms with Gasteiger partial charge in [0.05, 0.1) is 35.7 Å². The van der Waals surface area contributed by atoms with E-state index in [9.17, 15) is 19.2 Å². The van der Waals surface area contributed by atoms with Gasteiger partial charge in [-0.1, -0.05) is 30.3 Å². The molecule has 10 heteroatoms. The second-order valence-electron chi connectivity index (χ2n) is 7.64. The molecule has 0 saturated carbocycles. The van der Waals surface area contributed by atoms with Crippen molar-refractivity contribution in [3.05, 3.63) is 101 Å². The standard InChI is InChI=1S/C26H23N3O7/c1-2-34-25(32)21-19(28-26(33)29-22(21)16-7-4-3-5-8-16)15-36-24(31)17-10-12-18(13-11-17)27-23(30)20-9-6-14-35-20/h3-14,22H,2,15H2,1H3,(H,27,30)(H2,28,29,33). The highest BCUT2D eigenvalue weighted by atomic mass is 16.5. The first-order valence-corrected chi connectivity index (χ1v) is 11.1. The number of nitrogens with one attached hydrogen (secondary N) is 3. The van der Waals surface area contributed by atoms with Crippen LogP contribution in [0.15, 0.2) is 88.7 Å². The number of urea groups is 1. The van der Waals surface area contributed by atoms with Crippen LogP contribution in [0.3, 0.4) is 0 Å². The van der Waals surface area contributed by atoms with Crippen molar-refractivity contribution in [2.45, 2.75) is 13.0 Å². The average Bonchev–Trinajstić information content (AvgIpc) is 3.43. The molecule has 184 valence electrons. The lowest BCUT2D eigenvalue weighted by Gasteiger charge is -2.29. The van der Waals surface area contributed by atoms with Crippen LogP contribution in [0.25, 0.3) is 0 Å². The molecule has 4 rings (SSSR count). The van der Waals surface area contributed by atoms with Crippen LogP contribution in [-0.4, -0.2) is 37.1 Å². The first-order valence-electron chi connectivity index (χ1n) is 11.1. The fourth-order valence-corrected chi connectivity index (χ4v) is 3.59. The lowest BCUT2D eigenvalue weighted by molar-refractivity contribution is -0.139. The van der Waals surface area contributed by atoms with Gasteiger partial charge in [-0.2, -0.15) is 0 Å². The van der Waals surface area contributed by atoms with Crippen LogP contribution in [0.2, 0.25) is 0 Å². The van der Waals surface area contributed by atoms with Crippen LogP contribution in [0.5, 0.6) is 0 Å². The molecule has 0 bridgehead atoms. The fraction of sp³-hybridized carbons (Fsp3) is 0.154. The highest BCUT2D eigenvalue weighted by Gasteiger charge is 2.34. The van der Waals surface area contributed by atoms with Crippen LogP contribution in [0.4, 0.5) is 10.5 Å². The first kappa shape index (κ1) is 24.3. The molecule has 3 aromatic rings. The van der Waals surface area contributed by atoms with Gasteiger partial charge in [-0.25, -0.2) is 14.4 Å². The third-order valence-corrected chi connectivity index (χ3v) is 5.25. The molecule has 2 aromatic carbocycles. The van der Waals surface area contributed by atoms with Gasteiger partial charge in [-0.3, -0.25) is 4.79 Å². The number of furan rings is 1. The van der Waals surface area contributed by atoms with Gasteiger partial charge in [-0.05, 0) is 48.9 Å². The number of anilines is 1. The van der Waals surface area contributed by atoms with Crippen molar-refractivity contribution in [2.75, 3.05) is 18.5 Å². The van der Waals surface area contributed by atoms with Crippen LogP contribution >= 0.6 is 0 Å². The highest BCUT2D eigenvalue weighted by Crippen LogP contribution is 2.28. The van der Waals surface area contributed by atoms with Crippen molar-refractivity contribution in [2.24, 2.45) is 0 Å². The summed E-state index contributed by atoms with van der Waals surface area (Å²) in [6.45, 7) is 1.44. The van der Waals surface area contributed by atoms with Gasteiger partial charge in [0.15, 0.2) is 5.76 Å². The Kier molecular flexibility index (Phi) is 7.45. The molecule has 10 nitrogen and oxygen atoms in total. The minimum Gasteiger partial charge on any atom is -0.463 e. The molecule has 36 heavy (non-hydrogen) atoms. The molecular weight excluding hydrogens is 466 g/mol. The van der Waals surface area contributed by atoms with Crippen LogP contribution in [0.1, 0.15) is 39.4 Å². The zero-order chi connectivity index (χ0) is 25.5. The Balaban J connectivity index is 1.49. The van der Waals surface area contributed by atoms with Gasteiger partial charge >= 0.3 is 18.0 Å². The van der Waals surface area contributed by atoms with Gasteiger partial charge in [0, 0.05) is 5.69 Å². The molecule has 1 aliphatic rings. The average molecular weight is 489 g/mol. The van der Waals surface area contributed by atoms with E-state index in [0.717, 1.165) is 0 Å². The third-order valence-electron chi connectivity index (χ3n) is 5.25. The Hall–Kier alpha value is -4.86. The van der Waals surface area contributed by atoms with E-state index in [1.165, 1.54) is 24.5 Å². The molecule has 3 N–H and O–H groups in total.